The first-order chi connectivity index (χ1) is 15.7. The standard InChI is InChI=1S/C26H21NO6/c1-13-4-16-7-18(29)9-23-25(16)21(6-15(3)32-23)27(13)12-20-11-22(31)26-17(5-14(2)28)8-19(30)10-24(26)33-20/h4,6-11,30H,5,12H2,1-3H3. The molecule has 166 valence electrons. The first-order valence-electron chi connectivity index (χ1n) is 10.5. The summed E-state index contributed by atoms with van der Waals surface area (Å²) >= 11 is 0. The lowest BCUT2D eigenvalue weighted by Gasteiger charge is -2.17. The number of rotatable bonds is 4. The van der Waals surface area contributed by atoms with E-state index in [0.717, 1.165) is 22.0 Å². The second-order valence-corrected chi connectivity index (χ2v) is 8.43. The SMILES string of the molecule is CC(=O)Cc1cc(O)cc2oc(Cn3c(C)cc4cc(=O)cc5oc(C)cc3c45)cc(=O)c12. The highest BCUT2D eigenvalue weighted by Crippen LogP contribution is 2.30. The molecule has 0 saturated heterocycles. The number of aromatic hydroxyl groups is 1. The van der Waals surface area contributed by atoms with E-state index in [0.29, 0.717) is 28.1 Å². The molecule has 0 amide bonds. The van der Waals surface area contributed by atoms with Crippen LogP contribution in [0.5, 0.6) is 5.75 Å². The van der Waals surface area contributed by atoms with Gasteiger partial charge in [-0.2, -0.15) is 0 Å². The van der Waals surface area contributed by atoms with Crippen molar-refractivity contribution < 1.29 is 18.7 Å². The molecule has 0 aliphatic carbocycles. The minimum atomic E-state index is -0.276. The Morgan fingerprint density at radius 2 is 1.70 bits per heavy atom. The van der Waals surface area contributed by atoms with Crippen LogP contribution in [0.4, 0.5) is 0 Å². The van der Waals surface area contributed by atoms with E-state index in [1.165, 1.54) is 31.2 Å². The molecule has 0 atom stereocenters. The Balaban J connectivity index is 1.72. The average Bonchev–Trinajstić information content (AvgIpc) is 2.68. The normalized spacial score (nSPS) is 11.6. The van der Waals surface area contributed by atoms with E-state index in [-0.39, 0.29) is 40.9 Å². The van der Waals surface area contributed by atoms with E-state index in [2.05, 4.69) is 0 Å². The first kappa shape index (κ1) is 20.8. The molecule has 7 heteroatoms. The molecule has 5 rings (SSSR count). The molecule has 0 bridgehead atoms. The predicted molar refractivity (Wildman–Crippen MR) is 125 cm³/mol. The fraction of sp³-hybridized carbons (Fsp3) is 0.192. The molecule has 3 aromatic heterocycles. The van der Waals surface area contributed by atoms with Crippen LogP contribution >= 0.6 is 0 Å². The zero-order valence-corrected chi connectivity index (χ0v) is 18.4. The Morgan fingerprint density at radius 3 is 2.45 bits per heavy atom. The number of hydrogen-bond donors (Lipinski definition) is 1. The summed E-state index contributed by atoms with van der Waals surface area (Å²) in [7, 11) is 0. The molecule has 0 fully saturated rings. The number of phenols is 1. The molecule has 5 aromatic rings. The molecular formula is C26H21NO6. The van der Waals surface area contributed by atoms with Crippen LogP contribution in [0, 0.1) is 13.8 Å². The number of aryl methyl sites for hydroxylation is 2. The van der Waals surface area contributed by atoms with E-state index >= 15 is 0 Å². The highest BCUT2D eigenvalue weighted by Gasteiger charge is 2.16. The largest absolute Gasteiger partial charge is 0.508 e. The van der Waals surface area contributed by atoms with Gasteiger partial charge in [-0.1, -0.05) is 0 Å². The number of hydrogen-bond acceptors (Lipinski definition) is 6. The molecule has 7 nitrogen and oxygen atoms in total. The van der Waals surface area contributed by atoms with Gasteiger partial charge in [-0.05, 0) is 49.9 Å². The molecular weight excluding hydrogens is 422 g/mol. The van der Waals surface area contributed by atoms with Gasteiger partial charge in [0.1, 0.15) is 34.2 Å². The van der Waals surface area contributed by atoms with E-state index < -0.39 is 0 Å². The lowest BCUT2D eigenvalue weighted by Crippen LogP contribution is -2.12. The summed E-state index contributed by atoms with van der Waals surface area (Å²) in [5.41, 5.74) is 2.49. The minimum absolute atomic E-state index is 0.0340. The molecule has 0 radical (unpaired) electrons. The molecule has 0 aliphatic heterocycles. The van der Waals surface area contributed by atoms with Crippen molar-refractivity contribution >= 4 is 38.6 Å². The van der Waals surface area contributed by atoms with Gasteiger partial charge in [-0.15, -0.1) is 0 Å². The smallest absolute Gasteiger partial charge is 0.193 e. The highest BCUT2D eigenvalue weighted by molar-refractivity contribution is 6.06. The van der Waals surface area contributed by atoms with Gasteiger partial charge in [0, 0.05) is 41.8 Å². The van der Waals surface area contributed by atoms with Crippen molar-refractivity contribution in [3.63, 3.8) is 0 Å². The van der Waals surface area contributed by atoms with Crippen LogP contribution in [0.25, 0.3) is 32.8 Å². The summed E-state index contributed by atoms with van der Waals surface area (Å²) in [6.07, 6.45) is 0.0340. The number of phenolic OH excluding ortho intramolecular Hbond substituents is 1. The van der Waals surface area contributed by atoms with E-state index in [9.17, 15) is 19.5 Å². The Morgan fingerprint density at radius 1 is 0.939 bits per heavy atom. The van der Waals surface area contributed by atoms with Crippen LogP contribution in [0.3, 0.4) is 0 Å². The van der Waals surface area contributed by atoms with Crippen LogP contribution in [0.1, 0.15) is 29.7 Å². The third-order valence-electron chi connectivity index (χ3n) is 5.76. The second kappa shape index (κ2) is 7.48. The Bertz CT molecular complexity index is 1700. The minimum Gasteiger partial charge on any atom is -0.508 e. The van der Waals surface area contributed by atoms with Crippen molar-refractivity contribution in [2.45, 2.75) is 33.7 Å². The molecule has 1 N–H and O–H groups in total. The first-order valence-corrected chi connectivity index (χ1v) is 10.5. The van der Waals surface area contributed by atoms with Gasteiger partial charge in [0.2, 0.25) is 0 Å². The summed E-state index contributed by atoms with van der Waals surface area (Å²) in [5, 5.41) is 12.0. The maximum Gasteiger partial charge on any atom is 0.193 e. The van der Waals surface area contributed by atoms with Crippen LogP contribution in [-0.4, -0.2) is 15.5 Å². The number of Topliss-reactive ketones (excluding diaryl/α,β-unsaturated/α-hetero) is 1. The fourth-order valence-electron chi connectivity index (χ4n) is 4.51. The summed E-state index contributed by atoms with van der Waals surface area (Å²) in [6.45, 7) is 5.41. The Labute approximate surface area is 187 Å². The molecule has 2 aromatic carbocycles. The number of pyridine rings is 1. The number of benzene rings is 2. The van der Waals surface area contributed by atoms with Crippen LogP contribution < -0.4 is 10.9 Å². The number of carbonyl (C=O) groups excluding carboxylic acids is 1. The predicted octanol–water partition coefficient (Wildman–Crippen LogP) is 4.36. The Hall–Kier alpha value is -4.13. The van der Waals surface area contributed by atoms with Gasteiger partial charge in [-0.3, -0.25) is 14.4 Å². The lowest BCUT2D eigenvalue weighted by molar-refractivity contribution is -0.116. The van der Waals surface area contributed by atoms with Crippen molar-refractivity contribution in [3.05, 3.63) is 85.7 Å². The maximum atomic E-state index is 13.0. The summed E-state index contributed by atoms with van der Waals surface area (Å²) < 4.78 is 13.8. The molecule has 33 heavy (non-hydrogen) atoms. The fourth-order valence-corrected chi connectivity index (χ4v) is 4.51. The molecule has 0 aliphatic rings. The van der Waals surface area contributed by atoms with Gasteiger partial charge >= 0.3 is 0 Å². The number of aromatic nitrogens is 1. The van der Waals surface area contributed by atoms with Crippen molar-refractivity contribution in [1.29, 1.82) is 0 Å². The molecule has 0 unspecified atom stereocenters. The van der Waals surface area contributed by atoms with E-state index in [1.54, 1.807) is 6.07 Å². The van der Waals surface area contributed by atoms with Gasteiger partial charge < -0.3 is 18.5 Å². The average molecular weight is 443 g/mol. The monoisotopic (exact) mass is 443 g/mol. The third-order valence-corrected chi connectivity index (χ3v) is 5.76. The highest BCUT2D eigenvalue weighted by atomic mass is 16.3. The number of fused-ring (bicyclic) bond motifs is 1. The quantitative estimate of drug-likeness (QED) is 0.443. The lowest BCUT2D eigenvalue weighted by atomic mass is 10.0. The van der Waals surface area contributed by atoms with Crippen molar-refractivity contribution in [1.82, 2.24) is 4.57 Å². The van der Waals surface area contributed by atoms with Gasteiger partial charge in [-0.25, -0.2) is 0 Å². The summed E-state index contributed by atoms with van der Waals surface area (Å²) in [6, 6.07) is 11.1. The second-order valence-electron chi connectivity index (χ2n) is 8.43. The van der Waals surface area contributed by atoms with Crippen molar-refractivity contribution in [2.24, 2.45) is 0 Å². The molecule has 3 heterocycles. The number of carbonyl (C=O) groups is 1. The zero-order chi connectivity index (χ0) is 23.4. The van der Waals surface area contributed by atoms with Crippen LogP contribution in [0.15, 0.2) is 60.9 Å². The summed E-state index contributed by atoms with van der Waals surface area (Å²) in [5.74, 6) is 0.855. The maximum absolute atomic E-state index is 13.0. The molecule has 0 saturated carbocycles. The summed E-state index contributed by atoms with van der Waals surface area (Å²) in [4.78, 5) is 36.7. The zero-order valence-electron chi connectivity index (χ0n) is 18.4. The van der Waals surface area contributed by atoms with Crippen molar-refractivity contribution in [3.8, 4) is 5.75 Å². The molecule has 0 spiro atoms. The van der Waals surface area contributed by atoms with E-state index in [1.807, 2.05) is 30.5 Å². The Kier molecular flexibility index (Phi) is 4.70. The van der Waals surface area contributed by atoms with Gasteiger partial charge in [0.25, 0.3) is 0 Å². The van der Waals surface area contributed by atoms with Gasteiger partial charge in [0.15, 0.2) is 10.9 Å². The van der Waals surface area contributed by atoms with Gasteiger partial charge in [0.05, 0.1) is 17.4 Å². The number of ketones is 1. The van der Waals surface area contributed by atoms with Crippen molar-refractivity contribution in [2.75, 3.05) is 0 Å². The van der Waals surface area contributed by atoms with Crippen LogP contribution in [0.2, 0.25) is 0 Å². The van der Waals surface area contributed by atoms with Crippen LogP contribution in [-0.2, 0) is 17.8 Å². The van der Waals surface area contributed by atoms with E-state index in [4.69, 9.17) is 8.83 Å². The number of nitrogens with zero attached hydrogens (tertiary/aromatic N) is 1. The third kappa shape index (κ3) is 3.61. The topological polar surface area (TPSA) is 103 Å².